The molecular weight excluding hydrogens is 278 g/mol. The lowest BCUT2D eigenvalue weighted by Gasteiger charge is -2.37. The summed E-state index contributed by atoms with van der Waals surface area (Å²) >= 11 is 6.03. The highest BCUT2D eigenvalue weighted by Gasteiger charge is 2.31. The van der Waals surface area contributed by atoms with Gasteiger partial charge in [-0.25, -0.2) is 9.97 Å². The standard InChI is InChI=1S/C14H22ClN3O2/c1-2-20-9-13-16-11(15)8-12(17-13)18-14(10-19)6-4-3-5-7-14/h8,19H,2-7,9-10H2,1H3,(H,16,17,18). The molecule has 6 heteroatoms. The molecule has 0 amide bonds. The highest BCUT2D eigenvalue weighted by atomic mass is 35.5. The second-order valence-electron chi connectivity index (χ2n) is 5.25. The number of hydrogen-bond donors (Lipinski definition) is 2. The van der Waals surface area contributed by atoms with Crippen LogP contribution in [0.3, 0.4) is 0 Å². The summed E-state index contributed by atoms with van der Waals surface area (Å²) in [6.45, 7) is 2.99. The Bertz CT molecular complexity index is 436. The Morgan fingerprint density at radius 1 is 1.35 bits per heavy atom. The quantitative estimate of drug-likeness (QED) is 0.791. The Morgan fingerprint density at radius 2 is 2.10 bits per heavy atom. The summed E-state index contributed by atoms with van der Waals surface area (Å²) in [4.78, 5) is 8.56. The van der Waals surface area contributed by atoms with Gasteiger partial charge in [-0.15, -0.1) is 0 Å². The minimum atomic E-state index is -0.279. The minimum Gasteiger partial charge on any atom is -0.394 e. The van der Waals surface area contributed by atoms with Gasteiger partial charge in [-0.05, 0) is 19.8 Å². The molecule has 1 heterocycles. The van der Waals surface area contributed by atoms with Gasteiger partial charge in [0, 0.05) is 12.7 Å². The Morgan fingerprint density at radius 3 is 2.75 bits per heavy atom. The first-order valence-electron chi connectivity index (χ1n) is 7.18. The molecule has 5 nitrogen and oxygen atoms in total. The van der Waals surface area contributed by atoms with E-state index in [1.807, 2.05) is 6.92 Å². The summed E-state index contributed by atoms with van der Waals surface area (Å²) in [5.74, 6) is 1.22. The number of nitrogens with zero attached hydrogens (tertiary/aromatic N) is 2. The second-order valence-corrected chi connectivity index (χ2v) is 5.64. The first kappa shape index (κ1) is 15.5. The Hall–Kier alpha value is -0.910. The molecule has 0 unspecified atom stereocenters. The fourth-order valence-corrected chi connectivity index (χ4v) is 2.81. The highest BCUT2D eigenvalue weighted by Crippen LogP contribution is 2.31. The third kappa shape index (κ3) is 4.04. The molecule has 20 heavy (non-hydrogen) atoms. The molecule has 0 saturated heterocycles. The molecule has 112 valence electrons. The predicted octanol–water partition coefficient (Wildman–Crippen LogP) is 2.77. The molecular formula is C14H22ClN3O2. The molecule has 0 aliphatic heterocycles. The molecule has 0 spiro atoms. The van der Waals surface area contributed by atoms with Crippen LogP contribution >= 0.6 is 11.6 Å². The number of anilines is 1. The lowest BCUT2D eigenvalue weighted by molar-refractivity contribution is 0.128. The van der Waals surface area contributed by atoms with Crippen LogP contribution in [0.15, 0.2) is 6.07 Å². The Kier molecular flexibility index (Phi) is 5.57. The lowest BCUT2D eigenvalue weighted by Crippen LogP contribution is -2.44. The maximum atomic E-state index is 9.72. The molecule has 1 saturated carbocycles. The first-order valence-corrected chi connectivity index (χ1v) is 7.55. The van der Waals surface area contributed by atoms with Crippen LogP contribution in [0.4, 0.5) is 5.82 Å². The van der Waals surface area contributed by atoms with Crippen molar-refractivity contribution in [3.05, 3.63) is 17.0 Å². The van der Waals surface area contributed by atoms with Crippen molar-refractivity contribution in [2.75, 3.05) is 18.5 Å². The van der Waals surface area contributed by atoms with Crippen molar-refractivity contribution in [1.29, 1.82) is 0 Å². The number of rotatable bonds is 6. The van der Waals surface area contributed by atoms with Crippen molar-refractivity contribution in [1.82, 2.24) is 9.97 Å². The monoisotopic (exact) mass is 299 g/mol. The highest BCUT2D eigenvalue weighted by molar-refractivity contribution is 6.29. The number of ether oxygens (including phenoxy) is 1. The molecule has 2 N–H and O–H groups in total. The fourth-order valence-electron chi connectivity index (χ4n) is 2.61. The predicted molar refractivity (Wildman–Crippen MR) is 78.9 cm³/mol. The third-order valence-corrected chi connectivity index (χ3v) is 3.88. The second kappa shape index (κ2) is 7.20. The fraction of sp³-hybridized carbons (Fsp3) is 0.714. The summed E-state index contributed by atoms with van der Waals surface area (Å²) in [6, 6.07) is 1.70. The van der Waals surface area contributed by atoms with E-state index in [1.165, 1.54) is 6.42 Å². The van der Waals surface area contributed by atoms with Gasteiger partial charge in [-0.1, -0.05) is 30.9 Å². The lowest BCUT2D eigenvalue weighted by atomic mass is 9.82. The third-order valence-electron chi connectivity index (χ3n) is 3.68. The number of nitrogens with one attached hydrogen (secondary N) is 1. The summed E-state index contributed by atoms with van der Waals surface area (Å²) < 4.78 is 5.31. The molecule has 2 rings (SSSR count). The van der Waals surface area contributed by atoms with Crippen LogP contribution in [0.5, 0.6) is 0 Å². The van der Waals surface area contributed by atoms with E-state index in [1.54, 1.807) is 6.07 Å². The molecule has 0 atom stereocenters. The van der Waals surface area contributed by atoms with E-state index < -0.39 is 0 Å². The SMILES string of the molecule is CCOCc1nc(Cl)cc(NC2(CO)CCCCC2)n1. The summed E-state index contributed by atoms with van der Waals surface area (Å²) in [5, 5.41) is 13.5. The summed E-state index contributed by atoms with van der Waals surface area (Å²) in [7, 11) is 0. The maximum absolute atomic E-state index is 9.72. The van der Waals surface area contributed by atoms with E-state index in [0.717, 1.165) is 25.7 Å². The van der Waals surface area contributed by atoms with Crippen LogP contribution in [-0.2, 0) is 11.3 Å². The molecule has 0 aromatic carbocycles. The van der Waals surface area contributed by atoms with Gasteiger partial charge in [0.25, 0.3) is 0 Å². The Labute approximate surface area is 124 Å². The zero-order valence-corrected chi connectivity index (χ0v) is 12.6. The molecule has 1 aromatic rings. The van der Waals surface area contributed by atoms with Crippen molar-refractivity contribution < 1.29 is 9.84 Å². The number of halogens is 1. The van der Waals surface area contributed by atoms with Gasteiger partial charge in [0.15, 0.2) is 5.82 Å². The molecule has 1 aliphatic carbocycles. The van der Waals surface area contributed by atoms with Gasteiger partial charge in [0.1, 0.15) is 17.6 Å². The number of aliphatic hydroxyl groups is 1. The van der Waals surface area contributed by atoms with E-state index in [2.05, 4.69) is 15.3 Å². The molecule has 1 aromatic heterocycles. The minimum absolute atomic E-state index is 0.107. The largest absolute Gasteiger partial charge is 0.394 e. The van der Waals surface area contributed by atoms with Gasteiger partial charge in [0.2, 0.25) is 0 Å². The maximum Gasteiger partial charge on any atom is 0.158 e. The van der Waals surface area contributed by atoms with E-state index >= 15 is 0 Å². The normalized spacial score (nSPS) is 17.9. The van der Waals surface area contributed by atoms with E-state index in [9.17, 15) is 5.11 Å². The number of aromatic nitrogens is 2. The van der Waals surface area contributed by atoms with Crippen molar-refractivity contribution in [3.63, 3.8) is 0 Å². The van der Waals surface area contributed by atoms with Crippen molar-refractivity contribution >= 4 is 17.4 Å². The number of aliphatic hydroxyl groups excluding tert-OH is 1. The van der Waals surface area contributed by atoms with Crippen LogP contribution in [0.2, 0.25) is 5.15 Å². The Balaban J connectivity index is 2.12. The summed E-state index contributed by atoms with van der Waals surface area (Å²) in [6.07, 6.45) is 5.37. The molecule has 1 aliphatic rings. The van der Waals surface area contributed by atoms with Crippen molar-refractivity contribution in [2.45, 2.75) is 51.2 Å². The summed E-state index contributed by atoms with van der Waals surface area (Å²) in [5.41, 5.74) is -0.279. The zero-order valence-electron chi connectivity index (χ0n) is 11.9. The molecule has 0 bridgehead atoms. The van der Waals surface area contributed by atoms with Crippen LogP contribution < -0.4 is 5.32 Å². The van der Waals surface area contributed by atoms with Gasteiger partial charge < -0.3 is 15.2 Å². The van der Waals surface area contributed by atoms with Crippen LogP contribution in [-0.4, -0.2) is 33.8 Å². The van der Waals surface area contributed by atoms with Crippen LogP contribution in [0.1, 0.15) is 44.9 Å². The van der Waals surface area contributed by atoms with Crippen LogP contribution in [0.25, 0.3) is 0 Å². The van der Waals surface area contributed by atoms with E-state index in [0.29, 0.717) is 30.0 Å². The van der Waals surface area contributed by atoms with Crippen molar-refractivity contribution in [3.8, 4) is 0 Å². The van der Waals surface area contributed by atoms with Gasteiger partial charge in [-0.2, -0.15) is 0 Å². The molecule has 1 fully saturated rings. The topological polar surface area (TPSA) is 67.3 Å². The van der Waals surface area contributed by atoms with E-state index in [-0.39, 0.29) is 12.1 Å². The smallest absolute Gasteiger partial charge is 0.158 e. The van der Waals surface area contributed by atoms with Gasteiger partial charge in [0.05, 0.1) is 12.1 Å². The average Bonchev–Trinajstić information content (AvgIpc) is 2.45. The average molecular weight is 300 g/mol. The zero-order chi connectivity index (χ0) is 14.4. The first-order chi connectivity index (χ1) is 9.67. The number of hydrogen-bond acceptors (Lipinski definition) is 5. The van der Waals surface area contributed by atoms with Crippen LogP contribution in [0, 0.1) is 0 Å². The van der Waals surface area contributed by atoms with Crippen molar-refractivity contribution in [2.24, 2.45) is 0 Å². The van der Waals surface area contributed by atoms with E-state index in [4.69, 9.17) is 16.3 Å². The van der Waals surface area contributed by atoms with Gasteiger partial charge >= 0.3 is 0 Å². The molecule has 0 radical (unpaired) electrons. The van der Waals surface area contributed by atoms with Gasteiger partial charge in [-0.3, -0.25) is 0 Å².